The zero-order valence-corrected chi connectivity index (χ0v) is 10.6. The fraction of sp³-hybridized carbons (Fsp3) is 0.385. The van der Waals surface area contributed by atoms with Gasteiger partial charge >= 0.3 is 0 Å². The van der Waals surface area contributed by atoms with Gasteiger partial charge in [-0.05, 0) is 6.07 Å². The van der Waals surface area contributed by atoms with E-state index in [1.807, 2.05) is 11.3 Å². The van der Waals surface area contributed by atoms with Crippen molar-refractivity contribution in [2.75, 3.05) is 38.2 Å². The van der Waals surface area contributed by atoms with Gasteiger partial charge < -0.3 is 10.6 Å². The molecule has 0 atom stereocenters. The maximum atomic E-state index is 3.55. The lowest BCUT2D eigenvalue weighted by molar-refractivity contribution is 0.257. The molecule has 4 heteroatoms. The molecule has 17 heavy (non-hydrogen) atoms. The van der Waals surface area contributed by atoms with E-state index in [0.29, 0.717) is 0 Å². The van der Waals surface area contributed by atoms with E-state index in [0.717, 1.165) is 32.8 Å². The lowest BCUT2D eigenvalue weighted by Crippen LogP contribution is -2.45. The minimum atomic E-state index is 0.947. The lowest BCUT2D eigenvalue weighted by Gasteiger charge is -2.27. The highest BCUT2D eigenvalue weighted by molar-refractivity contribution is 7.17. The average Bonchev–Trinajstić information content (AvgIpc) is 2.81. The number of benzene rings is 1. The summed E-state index contributed by atoms with van der Waals surface area (Å²) in [5.74, 6) is 0. The number of fused-ring (bicyclic) bond motifs is 1. The third-order valence-corrected chi connectivity index (χ3v) is 4.15. The number of nitrogens with zero attached hydrogens (tertiary/aromatic N) is 1. The number of thiophene rings is 1. The van der Waals surface area contributed by atoms with Gasteiger partial charge in [0.2, 0.25) is 0 Å². The highest BCUT2D eigenvalue weighted by Gasteiger charge is 2.09. The van der Waals surface area contributed by atoms with Gasteiger partial charge in [0.15, 0.2) is 0 Å². The van der Waals surface area contributed by atoms with Gasteiger partial charge in [-0.1, -0.05) is 18.2 Å². The Kier molecular flexibility index (Phi) is 3.27. The summed E-state index contributed by atoms with van der Waals surface area (Å²) in [6.45, 7) is 5.42. The number of hydrogen-bond acceptors (Lipinski definition) is 4. The summed E-state index contributed by atoms with van der Waals surface area (Å²) in [4.78, 5) is 2.45. The maximum absolute atomic E-state index is 3.55. The lowest BCUT2D eigenvalue weighted by atomic mass is 10.2. The summed E-state index contributed by atoms with van der Waals surface area (Å²) >= 11 is 1.81. The third-order valence-electron chi connectivity index (χ3n) is 3.18. The molecule has 1 saturated heterocycles. The second-order valence-corrected chi connectivity index (χ2v) is 5.26. The van der Waals surface area contributed by atoms with Crippen LogP contribution >= 0.6 is 11.3 Å². The van der Waals surface area contributed by atoms with Gasteiger partial charge in [0, 0.05) is 41.6 Å². The molecule has 0 radical (unpaired) electrons. The van der Waals surface area contributed by atoms with E-state index in [-0.39, 0.29) is 0 Å². The van der Waals surface area contributed by atoms with Crippen molar-refractivity contribution in [3.05, 3.63) is 29.6 Å². The topological polar surface area (TPSA) is 27.3 Å². The molecule has 0 spiro atoms. The van der Waals surface area contributed by atoms with Gasteiger partial charge in [-0.3, -0.25) is 4.90 Å². The fourth-order valence-electron chi connectivity index (χ4n) is 2.18. The van der Waals surface area contributed by atoms with E-state index in [4.69, 9.17) is 0 Å². The van der Waals surface area contributed by atoms with Crippen LogP contribution in [0.1, 0.15) is 0 Å². The summed E-state index contributed by atoms with van der Waals surface area (Å²) in [5.41, 5.74) is 1.27. The Balaban J connectivity index is 1.68. The van der Waals surface area contributed by atoms with Crippen molar-refractivity contribution in [1.29, 1.82) is 0 Å². The van der Waals surface area contributed by atoms with E-state index < -0.39 is 0 Å². The highest BCUT2D eigenvalue weighted by atomic mass is 32.1. The molecule has 0 amide bonds. The van der Waals surface area contributed by atoms with E-state index in [1.165, 1.54) is 15.8 Å². The number of nitrogens with one attached hydrogen (secondary N) is 2. The smallest absolute Gasteiger partial charge is 0.0679 e. The molecule has 1 fully saturated rings. The van der Waals surface area contributed by atoms with Gasteiger partial charge in [-0.25, -0.2) is 0 Å². The van der Waals surface area contributed by atoms with Gasteiger partial charge in [-0.15, -0.1) is 11.3 Å². The summed E-state index contributed by atoms with van der Waals surface area (Å²) in [6, 6.07) is 8.56. The first-order valence-corrected chi connectivity index (χ1v) is 6.94. The van der Waals surface area contributed by atoms with Crippen molar-refractivity contribution in [3.63, 3.8) is 0 Å². The predicted octanol–water partition coefficient (Wildman–Crippen LogP) is 2.18. The van der Waals surface area contributed by atoms with Crippen LogP contribution in [-0.4, -0.2) is 37.7 Å². The van der Waals surface area contributed by atoms with Crippen LogP contribution in [0.4, 0.5) is 5.69 Å². The zero-order chi connectivity index (χ0) is 11.5. The van der Waals surface area contributed by atoms with Crippen LogP contribution < -0.4 is 10.6 Å². The Hall–Kier alpha value is -1.10. The first-order chi connectivity index (χ1) is 8.43. The summed E-state index contributed by atoms with van der Waals surface area (Å²) in [7, 11) is 0. The molecule has 2 N–H and O–H groups in total. The molecule has 1 aromatic carbocycles. The Morgan fingerprint density at radius 3 is 2.94 bits per heavy atom. The molecule has 1 aromatic heterocycles. The molecule has 0 aliphatic carbocycles. The monoisotopic (exact) mass is 247 g/mol. The number of anilines is 1. The zero-order valence-electron chi connectivity index (χ0n) is 9.78. The second-order valence-electron chi connectivity index (χ2n) is 4.35. The standard InChI is InChI=1S/C13H17N3S/c1-2-4-13-11(3-1)12(9-17-13)15-10-16-7-5-14-6-8-16/h1-4,9,14-15H,5-8,10H2. The molecule has 2 heterocycles. The maximum Gasteiger partial charge on any atom is 0.0679 e. The highest BCUT2D eigenvalue weighted by Crippen LogP contribution is 2.29. The minimum Gasteiger partial charge on any atom is -0.371 e. The fourth-order valence-corrected chi connectivity index (χ4v) is 3.10. The molecule has 3 nitrogen and oxygen atoms in total. The summed E-state index contributed by atoms with van der Waals surface area (Å²) in [6.07, 6.45) is 0. The first-order valence-electron chi connectivity index (χ1n) is 6.07. The van der Waals surface area contributed by atoms with Crippen LogP contribution in [0.3, 0.4) is 0 Å². The third kappa shape index (κ3) is 2.44. The van der Waals surface area contributed by atoms with Crippen molar-refractivity contribution < 1.29 is 0 Å². The molecule has 90 valence electrons. The summed E-state index contributed by atoms with van der Waals surface area (Å²) in [5, 5.41) is 10.5. The Bertz CT molecular complexity index is 488. The Morgan fingerprint density at radius 2 is 2.06 bits per heavy atom. The first kappa shape index (κ1) is 11.0. The molecule has 0 unspecified atom stereocenters. The van der Waals surface area contributed by atoms with Crippen LogP contribution in [0.2, 0.25) is 0 Å². The Labute approximate surface area is 105 Å². The summed E-state index contributed by atoms with van der Waals surface area (Å²) < 4.78 is 1.36. The largest absolute Gasteiger partial charge is 0.371 e. The van der Waals surface area contributed by atoms with Crippen molar-refractivity contribution in [2.24, 2.45) is 0 Å². The quantitative estimate of drug-likeness (QED) is 0.870. The number of rotatable bonds is 3. The van der Waals surface area contributed by atoms with Gasteiger partial charge in [-0.2, -0.15) is 0 Å². The molecule has 1 aliphatic heterocycles. The number of hydrogen-bond donors (Lipinski definition) is 2. The van der Waals surface area contributed by atoms with Crippen molar-refractivity contribution in [3.8, 4) is 0 Å². The molecule has 0 saturated carbocycles. The SMILES string of the molecule is c1ccc2c(NCN3CCNCC3)csc2c1. The average molecular weight is 247 g/mol. The van der Waals surface area contributed by atoms with Gasteiger partial charge in [0.1, 0.15) is 0 Å². The molecular weight excluding hydrogens is 230 g/mol. The molecule has 1 aliphatic rings. The minimum absolute atomic E-state index is 0.947. The van der Waals surface area contributed by atoms with Crippen LogP contribution in [0.15, 0.2) is 29.6 Å². The van der Waals surface area contributed by atoms with Gasteiger partial charge in [0.05, 0.1) is 12.4 Å². The van der Waals surface area contributed by atoms with Crippen molar-refractivity contribution in [2.45, 2.75) is 0 Å². The van der Waals surface area contributed by atoms with Crippen LogP contribution in [0.5, 0.6) is 0 Å². The molecule has 2 aromatic rings. The van der Waals surface area contributed by atoms with Crippen LogP contribution in [0.25, 0.3) is 10.1 Å². The Morgan fingerprint density at radius 1 is 1.24 bits per heavy atom. The van der Waals surface area contributed by atoms with Crippen LogP contribution in [0, 0.1) is 0 Å². The van der Waals surface area contributed by atoms with E-state index >= 15 is 0 Å². The van der Waals surface area contributed by atoms with E-state index in [9.17, 15) is 0 Å². The number of piperazine rings is 1. The normalized spacial score (nSPS) is 17.4. The van der Waals surface area contributed by atoms with E-state index in [2.05, 4.69) is 45.2 Å². The van der Waals surface area contributed by atoms with Crippen molar-refractivity contribution >= 4 is 27.1 Å². The van der Waals surface area contributed by atoms with Crippen LogP contribution in [-0.2, 0) is 0 Å². The second kappa shape index (κ2) is 5.04. The van der Waals surface area contributed by atoms with E-state index in [1.54, 1.807) is 0 Å². The molecule has 0 bridgehead atoms. The van der Waals surface area contributed by atoms with Gasteiger partial charge in [0.25, 0.3) is 0 Å². The molecular formula is C13H17N3S. The molecule has 3 rings (SSSR count). The van der Waals surface area contributed by atoms with Crippen molar-refractivity contribution in [1.82, 2.24) is 10.2 Å². The predicted molar refractivity (Wildman–Crippen MR) is 74.8 cm³/mol.